The van der Waals surface area contributed by atoms with E-state index in [9.17, 15) is 4.79 Å². The molecule has 2 aliphatic heterocycles. The van der Waals surface area contributed by atoms with Gasteiger partial charge in [0.1, 0.15) is 5.56 Å². The number of fused-ring (bicyclic) bond motifs is 1. The average Bonchev–Trinajstić information content (AvgIpc) is 3.14. The SMILES string of the molecule is Cc1nn2cccnc2c1C(=O)N1C[C@@H](C)[C@H](N2CCOCC2)C1. The van der Waals surface area contributed by atoms with E-state index in [-0.39, 0.29) is 5.91 Å². The van der Waals surface area contributed by atoms with Gasteiger partial charge in [0, 0.05) is 44.6 Å². The zero-order chi connectivity index (χ0) is 16.7. The van der Waals surface area contributed by atoms with E-state index in [0.717, 1.165) is 45.1 Å². The van der Waals surface area contributed by atoms with Crippen molar-refractivity contribution >= 4 is 11.6 Å². The second-order valence-electron chi connectivity index (χ2n) is 6.75. The smallest absolute Gasteiger partial charge is 0.259 e. The Hall–Kier alpha value is -1.99. The molecule has 7 nitrogen and oxygen atoms in total. The van der Waals surface area contributed by atoms with Gasteiger partial charge in [0.25, 0.3) is 5.91 Å². The molecule has 128 valence electrons. The predicted octanol–water partition coefficient (Wildman–Crippen LogP) is 0.830. The molecule has 1 amide bonds. The van der Waals surface area contributed by atoms with E-state index in [0.29, 0.717) is 23.2 Å². The van der Waals surface area contributed by atoms with Crippen LogP contribution < -0.4 is 0 Å². The van der Waals surface area contributed by atoms with E-state index >= 15 is 0 Å². The topological polar surface area (TPSA) is 63.0 Å². The van der Waals surface area contributed by atoms with E-state index in [1.807, 2.05) is 24.1 Å². The summed E-state index contributed by atoms with van der Waals surface area (Å²) in [6.45, 7) is 9.13. The van der Waals surface area contributed by atoms with Crippen molar-refractivity contribution in [2.45, 2.75) is 19.9 Å². The van der Waals surface area contributed by atoms with Crippen molar-refractivity contribution in [2.75, 3.05) is 39.4 Å². The Labute approximate surface area is 141 Å². The largest absolute Gasteiger partial charge is 0.379 e. The first-order valence-corrected chi connectivity index (χ1v) is 8.56. The van der Waals surface area contributed by atoms with Crippen LogP contribution in [0.15, 0.2) is 18.5 Å². The molecule has 2 aliphatic rings. The zero-order valence-electron chi connectivity index (χ0n) is 14.2. The monoisotopic (exact) mass is 329 g/mol. The predicted molar refractivity (Wildman–Crippen MR) is 89.0 cm³/mol. The minimum absolute atomic E-state index is 0.0452. The number of likely N-dealkylation sites (tertiary alicyclic amines) is 1. The van der Waals surface area contributed by atoms with Crippen molar-refractivity contribution in [1.82, 2.24) is 24.4 Å². The molecule has 0 radical (unpaired) electrons. The van der Waals surface area contributed by atoms with Crippen LogP contribution in [0.3, 0.4) is 0 Å². The molecule has 2 aromatic rings. The highest BCUT2D eigenvalue weighted by Gasteiger charge is 2.38. The maximum Gasteiger partial charge on any atom is 0.259 e. The fourth-order valence-corrected chi connectivity index (χ4v) is 3.90. The molecule has 0 spiro atoms. The number of aryl methyl sites for hydroxylation is 1. The molecule has 0 aliphatic carbocycles. The molecule has 2 saturated heterocycles. The molecule has 2 fully saturated rings. The highest BCUT2D eigenvalue weighted by atomic mass is 16.5. The summed E-state index contributed by atoms with van der Waals surface area (Å²) in [7, 11) is 0. The van der Waals surface area contributed by atoms with E-state index in [2.05, 4.69) is 21.9 Å². The Kier molecular flexibility index (Phi) is 3.97. The third-order valence-corrected chi connectivity index (χ3v) is 5.16. The van der Waals surface area contributed by atoms with Gasteiger partial charge in [-0.05, 0) is 18.9 Å². The Bertz CT molecular complexity index is 753. The number of nitrogens with zero attached hydrogens (tertiary/aromatic N) is 5. The third-order valence-electron chi connectivity index (χ3n) is 5.16. The third kappa shape index (κ3) is 2.57. The number of morpholine rings is 1. The molecule has 4 rings (SSSR count). The first-order valence-electron chi connectivity index (χ1n) is 8.56. The molecule has 7 heteroatoms. The van der Waals surface area contributed by atoms with E-state index in [1.165, 1.54) is 0 Å². The molecular weight excluding hydrogens is 306 g/mol. The van der Waals surface area contributed by atoms with Crippen LogP contribution in [0.1, 0.15) is 23.0 Å². The minimum atomic E-state index is 0.0452. The van der Waals surface area contributed by atoms with E-state index in [4.69, 9.17) is 4.74 Å². The van der Waals surface area contributed by atoms with Crippen molar-refractivity contribution in [1.29, 1.82) is 0 Å². The molecule has 2 aromatic heterocycles. The van der Waals surface area contributed by atoms with Crippen LogP contribution in [0.5, 0.6) is 0 Å². The highest BCUT2D eigenvalue weighted by Crippen LogP contribution is 2.25. The number of carbonyl (C=O) groups is 1. The van der Waals surface area contributed by atoms with Crippen LogP contribution in [0.2, 0.25) is 0 Å². The zero-order valence-corrected chi connectivity index (χ0v) is 14.2. The highest BCUT2D eigenvalue weighted by molar-refractivity contribution is 6.01. The minimum Gasteiger partial charge on any atom is -0.379 e. The number of carbonyl (C=O) groups excluding carboxylic acids is 1. The van der Waals surface area contributed by atoms with Gasteiger partial charge in [-0.3, -0.25) is 9.69 Å². The maximum atomic E-state index is 13.1. The van der Waals surface area contributed by atoms with Gasteiger partial charge in [-0.25, -0.2) is 9.50 Å². The lowest BCUT2D eigenvalue weighted by Crippen LogP contribution is -2.47. The summed E-state index contributed by atoms with van der Waals surface area (Å²) in [6, 6.07) is 2.23. The summed E-state index contributed by atoms with van der Waals surface area (Å²) in [6.07, 6.45) is 3.53. The van der Waals surface area contributed by atoms with Gasteiger partial charge in [0.05, 0.1) is 18.9 Å². The molecule has 0 aromatic carbocycles. The lowest BCUT2D eigenvalue weighted by Gasteiger charge is -2.33. The normalized spacial score (nSPS) is 25.5. The Morgan fingerprint density at radius 3 is 2.88 bits per heavy atom. The number of hydrogen-bond donors (Lipinski definition) is 0. The molecule has 0 saturated carbocycles. The second-order valence-corrected chi connectivity index (χ2v) is 6.75. The Morgan fingerprint density at radius 2 is 2.08 bits per heavy atom. The number of amides is 1. The van der Waals surface area contributed by atoms with Crippen molar-refractivity contribution in [3.63, 3.8) is 0 Å². The first kappa shape index (κ1) is 15.5. The fourth-order valence-electron chi connectivity index (χ4n) is 3.90. The summed E-state index contributed by atoms with van der Waals surface area (Å²) in [5.74, 6) is 0.506. The maximum absolute atomic E-state index is 13.1. The van der Waals surface area contributed by atoms with Gasteiger partial charge < -0.3 is 9.64 Å². The van der Waals surface area contributed by atoms with Gasteiger partial charge in [0.2, 0.25) is 0 Å². The van der Waals surface area contributed by atoms with Crippen LogP contribution >= 0.6 is 0 Å². The van der Waals surface area contributed by atoms with Crippen LogP contribution in [0.25, 0.3) is 5.65 Å². The number of rotatable bonds is 2. The number of aromatic nitrogens is 3. The summed E-state index contributed by atoms with van der Waals surface area (Å²) >= 11 is 0. The van der Waals surface area contributed by atoms with Crippen molar-refractivity contribution in [3.8, 4) is 0 Å². The van der Waals surface area contributed by atoms with Crippen LogP contribution in [-0.4, -0.2) is 75.7 Å². The van der Waals surface area contributed by atoms with Crippen LogP contribution in [0, 0.1) is 12.8 Å². The van der Waals surface area contributed by atoms with Crippen molar-refractivity contribution < 1.29 is 9.53 Å². The van der Waals surface area contributed by atoms with Crippen molar-refractivity contribution in [2.24, 2.45) is 5.92 Å². The second kappa shape index (κ2) is 6.14. The molecule has 0 bridgehead atoms. The molecule has 4 heterocycles. The number of ether oxygens (including phenoxy) is 1. The Morgan fingerprint density at radius 1 is 1.29 bits per heavy atom. The summed E-state index contributed by atoms with van der Waals surface area (Å²) in [4.78, 5) is 21.9. The van der Waals surface area contributed by atoms with Gasteiger partial charge in [-0.1, -0.05) is 6.92 Å². The summed E-state index contributed by atoms with van der Waals surface area (Å²) in [5, 5.41) is 4.41. The average molecular weight is 329 g/mol. The van der Waals surface area contributed by atoms with E-state index < -0.39 is 0 Å². The van der Waals surface area contributed by atoms with Gasteiger partial charge >= 0.3 is 0 Å². The first-order chi connectivity index (χ1) is 11.6. The fraction of sp³-hybridized carbons (Fsp3) is 0.588. The lowest BCUT2D eigenvalue weighted by molar-refractivity contribution is 0.0119. The Balaban J connectivity index is 1.57. The standard InChI is InChI=1S/C17H23N5O2/c1-12-10-21(11-14(12)20-6-8-24-9-7-20)17(23)15-13(2)19-22-5-3-4-18-16(15)22/h3-5,12,14H,6-11H2,1-2H3/t12-,14-/m1/s1. The van der Waals surface area contributed by atoms with Gasteiger partial charge in [-0.2, -0.15) is 5.10 Å². The lowest BCUT2D eigenvalue weighted by atomic mass is 10.0. The molecule has 0 unspecified atom stereocenters. The van der Waals surface area contributed by atoms with Crippen molar-refractivity contribution in [3.05, 3.63) is 29.7 Å². The van der Waals surface area contributed by atoms with Crippen LogP contribution in [-0.2, 0) is 4.74 Å². The molecular formula is C17H23N5O2. The molecule has 24 heavy (non-hydrogen) atoms. The summed E-state index contributed by atoms with van der Waals surface area (Å²) < 4.78 is 7.13. The number of hydrogen-bond acceptors (Lipinski definition) is 5. The quantitative estimate of drug-likeness (QED) is 0.817. The van der Waals surface area contributed by atoms with Crippen LogP contribution in [0.4, 0.5) is 0 Å². The van der Waals surface area contributed by atoms with Gasteiger partial charge in [-0.15, -0.1) is 0 Å². The molecule has 0 N–H and O–H groups in total. The van der Waals surface area contributed by atoms with E-state index in [1.54, 1.807) is 10.7 Å². The van der Waals surface area contributed by atoms with Gasteiger partial charge in [0.15, 0.2) is 5.65 Å². The summed E-state index contributed by atoms with van der Waals surface area (Å²) in [5.41, 5.74) is 2.01. The molecule has 2 atom stereocenters.